The molecule has 1 saturated heterocycles. The molecular weight excluding hydrogens is 128 g/mol. The highest BCUT2D eigenvalue weighted by Crippen LogP contribution is 2.03. The van der Waals surface area contributed by atoms with Crippen LogP contribution in [0.5, 0.6) is 0 Å². The summed E-state index contributed by atoms with van der Waals surface area (Å²) < 4.78 is 0. The number of likely N-dealkylation sites (N-methyl/N-ethyl adjacent to an activating group) is 1. The van der Waals surface area contributed by atoms with Crippen molar-refractivity contribution in [3.05, 3.63) is 0 Å². The molecule has 2 N–H and O–H groups in total. The molecule has 0 bridgehead atoms. The minimum atomic E-state index is 0. The van der Waals surface area contributed by atoms with Crippen molar-refractivity contribution >= 4 is 5.91 Å². The van der Waals surface area contributed by atoms with Crippen LogP contribution in [0.25, 0.3) is 0 Å². The molecule has 1 rings (SSSR count). The van der Waals surface area contributed by atoms with Gasteiger partial charge >= 0.3 is 0 Å². The van der Waals surface area contributed by atoms with Gasteiger partial charge in [-0.05, 0) is 26.3 Å². The monoisotopic (exact) mass is 146 g/mol. The molecule has 0 unspecified atom stereocenters. The van der Waals surface area contributed by atoms with E-state index in [-0.39, 0.29) is 14.8 Å². The molecule has 3 nitrogen and oxygen atoms in total. The number of amides is 1. The zero-order valence-electron chi connectivity index (χ0n) is 6.31. The molecule has 1 fully saturated rings. The van der Waals surface area contributed by atoms with Crippen LogP contribution in [-0.2, 0) is 4.79 Å². The van der Waals surface area contributed by atoms with E-state index in [2.05, 4.69) is 10.6 Å². The summed E-state index contributed by atoms with van der Waals surface area (Å²) in [5.74, 6) is 0.153. The lowest BCUT2D eigenvalue weighted by molar-refractivity contribution is -0.122. The summed E-state index contributed by atoms with van der Waals surface area (Å²) in [6.45, 7) is 3.66. The van der Waals surface area contributed by atoms with Crippen LogP contribution in [0.2, 0.25) is 0 Å². The van der Waals surface area contributed by atoms with Gasteiger partial charge in [-0.15, -0.1) is 0 Å². The maximum absolute atomic E-state index is 11.1. The van der Waals surface area contributed by atoms with Gasteiger partial charge < -0.3 is 10.6 Å². The Morgan fingerprint density at radius 3 is 3.20 bits per heavy atom. The number of rotatable bonds is 2. The van der Waals surface area contributed by atoms with Crippen molar-refractivity contribution in [1.29, 1.82) is 0 Å². The first-order valence-electron chi connectivity index (χ1n) is 3.85. The topological polar surface area (TPSA) is 41.1 Å². The first-order chi connectivity index (χ1) is 4.84. The van der Waals surface area contributed by atoms with Crippen molar-refractivity contribution in [3.63, 3.8) is 0 Å². The summed E-state index contributed by atoms with van der Waals surface area (Å²) in [6, 6.07) is 0.0833. The number of carbonyl (C=O) groups excluding carboxylic acids is 1. The maximum Gasteiger partial charge on any atom is 0.237 e. The first-order valence-corrected chi connectivity index (χ1v) is 3.85. The van der Waals surface area contributed by atoms with Crippen molar-refractivity contribution < 1.29 is 7.65 Å². The van der Waals surface area contributed by atoms with E-state index in [1.54, 1.807) is 0 Å². The van der Waals surface area contributed by atoms with E-state index in [1.807, 2.05) is 6.92 Å². The molecule has 0 radical (unpaired) electrons. The number of hydrogen-bond donors (Lipinski definition) is 2. The largest absolute Gasteiger partial charge is 0.355 e. The zero-order chi connectivity index (χ0) is 7.40. The molecule has 1 atom stereocenters. The van der Waals surface area contributed by atoms with Crippen LogP contribution >= 0.6 is 0 Å². The number of nitrogens with one attached hydrogen (secondary N) is 2. The van der Waals surface area contributed by atoms with E-state index >= 15 is 0 Å². The van der Waals surface area contributed by atoms with Gasteiger partial charge in [0.2, 0.25) is 5.91 Å². The van der Waals surface area contributed by atoms with Crippen LogP contribution in [0, 0.1) is 0 Å². The third kappa shape index (κ3) is 1.70. The van der Waals surface area contributed by atoms with Gasteiger partial charge in [-0.25, -0.2) is 0 Å². The predicted molar refractivity (Wildman–Crippen MR) is 43.9 cm³/mol. The van der Waals surface area contributed by atoms with Gasteiger partial charge in [0.25, 0.3) is 0 Å². The Kier molecular flexibility index (Phi) is 2.68. The van der Waals surface area contributed by atoms with E-state index in [4.69, 9.17) is 0 Å². The van der Waals surface area contributed by atoms with E-state index in [9.17, 15) is 4.79 Å². The van der Waals surface area contributed by atoms with Crippen molar-refractivity contribution in [1.82, 2.24) is 10.6 Å². The van der Waals surface area contributed by atoms with Gasteiger partial charge in [0, 0.05) is 9.40 Å². The Morgan fingerprint density at radius 2 is 2.70 bits per heavy atom. The normalized spacial score (nSPS) is 24.7. The summed E-state index contributed by atoms with van der Waals surface area (Å²) in [5, 5.41) is 5.92. The number of carbonyl (C=O) groups is 1. The molecule has 1 aliphatic rings. The van der Waals surface area contributed by atoms with E-state index < -0.39 is 0 Å². The van der Waals surface area contributed by atoms with Gasteiger partial charge in [0.05, 0.1) is 6.04 Å². The lowest BCUT2D eigenvalue weighted by Gasteiger charge is -2.08. The van der Waals surface area contributed by atoms with Gasteiger partial charge in [-0.3, -0.25) is 4.79 Å². The fourth-order valence-electron chi connectivity index (χ4n) is 1.21. The summed E-state index contributed by atoms with van der Waals surface area (Å²) in [7, 11) is 0. The second-order valence-corrected chi connectivity index (χ2v) is 2.54. The van der Waals surface area contributed by atoms with Crippen molar-refractivity contribution in [2.45, 2.75) is 25.8 Å². The Bertz CT molecular complexity index is 127. The molecule has 0 aliphatic carbocycles. The fraction of sp³-hybridized carbons (Fsp3) is 0.857. The highest BCUT2D eigenvalue weighted by atomic mass is 16.2. The molecule has 1 heterocycles. The van der Waals surface area contributed by atoms with Gasteiger partial charge in [0.15, 0.2) is 0 Å². The Labute approximate surface area is 64.2 Å². The minimum absolute atomic E-state index is 0. The lowest BCUT2D eigenvalue weighted by atomic mass is 10.2. The average molecular weight is 146 g/mol. The molecule has 62 valence electrons. The summed E-state index contributed by atoms with van der Waals surface area (Å²) >= 11 is 0. The van der Waals surface area contributed by atoms with Crippen LogP contribution in [-0.4, -0.2) is 25.0 Å². The fourth-order valence-corrected chi connectivity index (χ4v) is 1.21. The van der Waals surface area contributed by atoms with Crippen molar-refractivity contribution in [3.8, 4) is 0 Å². The van der Waals surface area contributed by atoms with Gasteiger partial charge in [-0.2, -0.15) is 0 Å². The maximum atomic E-state index is 11.1. The quantitative estimate of drug-likeness (QED) is 0.591. The molecule has 10 heavy (non-hydrogen) atoms. The molecule has 0 aromatic rings. The molecule has 0 saturated carbocycles. The molecular formula is C7H18N2O. The van der Waals surface area contributed by atoms with Crippen LogP contribution in [0.1, 0.15) is 22.6 Å². The second kappa shape index (κ2) is 3.56. The van der Waals surface area contributed by atoms with Crippen molar-refractivity contribution in [2.24, 2.45) is 0 Å². The van der Waals surface area contributed by atoms with E-state index in [0.717, 1.165) is 25.9 Å². The zero-order valence-corrected chi connectivity index (χ0v) is 6.31. The minimum Gasteiger partial charge on any atom is -0.355 e. The molecule has 0 spiro atoms. The summed E-state index contributed by atoms with van der Waals surface area (Å²) in [4.78, 5) is 11.1. The summed E-state index contributed by atoms with van der Waals surface area (Å²) in [6.07, 6.45) is 2.12. The van der Waals surface area contributed by atoms with Crippen molar-refractivity contribution in [2.75, 3.05) is 13.1 Å². The number of hydrogen-bond acceptors (Lipinski definition) is 2. The molecule has 0 aromatic carbocycles. The van der Waals surface area contributed by atoms with Crippen LogP contribution < -0.4 is 10.6 Å². The van der Waals surface area contributed by atoms with Gasteiger partial charge in [-0.1, -0.05) is 0 Å². The Hall–Kier alpha value is -0.570. The standard InChI is InChI=1S/C7H14N2O.2H2/c1-2-8-7(10)6-4-3-5-9-6;;/h6,9H,2-5H2,1H3,(H,8,10);2*1H/t6-;;/m1../s1. The average Bonchev–Trinajstić information content (AvgIpc) is 2.38. The highest BCUT2D eigenvalue weighted by Gasteiger charge is 2.20. The highest BCUT2D eigenvalue weighted by molar-refractivity contribution is 5.81. The van der Waals surface area contributed by atoms with E-state index in [1.165, 1.54) is 0 Å². The summed E-state index contributed by atoms with van der Waals surface area (Å²) in [5.41, 5.74) is 0. The Morgan fingerprint density at radius 1 is 1.90 bits per heavy atom. The molecule has 3 heteroatoms. The van der Waals surface area contributed by atoms with E-state index in [0.29, 0.717) is 0 Å². The second-order valence-electron chi connectivity index (χ2n) is 2.54. The SMILES string of the molecule is CCNC(=O)[C@H]1CCCN1.[HH].[HH]. The molecule has 1 amide bonds. The smallest absolute Gasteiger partial charge is 0.237 e. The molecule has 0 aromatic heterocycles. The third-order valence-electron chi connectivity index (χ3n) is 1.73. The first kappa shape index (κ1) is 7.54. The van der Waals surface area contributed by atoms with Crippen LogP contribution in [0.4, 0.5) is 0 Å². The van der Waals surface area contributed by atoms with Crippen LogP contribution in [0.15, 0.2) is 0 Å². The molecule has 1 aliphatic heterocycles. The van der Waals surface area contributed by atoms with Gasteiger partial charge in [0.1, 0.15) is 0 Å². The Balaban J connectivity index is 0. The predicted octanol–water partition coefficient (Wildman–Crippen LogP) is 0.366. The van der Waals surface area contributed by atoms with Crippen LogP contribution in [0.3, 0.4) is 0 Å². The lowest BCUT2D eigenvalue weighted by Crippen LogP contribution is -2.40. The third-order valence-corrected chi connectivity index (χ3v) is 1.73.